The van der Waals surface area contributed by atoms with E-state index in [2.05, 4.69) is 4.72 Å². The molecule has 1 aliphatic rings. The molecule has 0 bridgehead atoms. The van der Waals surface area contributed by atoms with E-state index in [1.165, 1.54) is 11.3 Å². The molecule has 90 valence electrons. The third-order valence-corrected chi connectivity index (χ3v) is 5.75. The fraction of sp³-hybridized carbons (Fsp3) is 0.600. The van der Waals surface area contributed by atoms with Gasteiger partial charge in [-0.25, -0.2) is 13.1 Å². The summed E-state index contributed by atoms with van der Waals surface area (Å²) in [6.45, 7) is 3.54. The second kappa shape index (κ2) is 4.10. The minimum atomic E-state index is -3.46. The Bertz CT molecular complexity index is 492. The van der Waals surface area contributed by atoms with E-state index in [9.17, 15) is 8.42 Å². The van der Waals surface area contributed by atoms with E-state index in [0.717, 1.165) is 6.42 Å². The van der Waals surface area contributed by atoms with Gasteiger partial charge in [0.05, 0.1) is 11.5 Å². The first-order chi connectivity index (χ1) is 7.45. The van der Waals surface area contributed by atoms with Crippen molar-refractivity contribution >= 4 is 21.4 Å². The lowest BCUT2D eigenvalue weighted by Crippen LogP contribution is -2.27. The first-order valence-corrected chi connectivity index (χ1v) is 7.52. The van der Waals surface area contributed by atoms with Crippen molar-refractivity contribution in [2.75, 3.05) is 0 Å². The Morgan fingerprint density at radius 3 is 2.75 bits per heavy atom. The van der Waals surface area contributed by atoms with Gasteiger partial charge in [0.25, 0.3) is 0 Å². The lowest BCUT2D eigenvalue weighted by molar-refractivity contribution is 0.282. The van der Waals surface area contributed by atoms with E-state index in [4.69, 9.17) is 5.11 Å². The van der Waals surface area contributed by atoms with Crippen LogP contribution in [0.3, 0.4) is 0 Å². The second-order valence-electron chi connectivity index (χ2n) is 4.27. The zero-order chi connectivity index (χ0) is 11.9. The summed E-state index contributed by atoms with van der Waals surface area (Å²) in [5.41, 5.74) is 0.704. The molecular formula is C10H15NO3S2. The zero-order valence-corrected chi connectivity index (χ0v) is 10.9. The van der Waals surface area contributed by atoms with Crippen LogP contribution < -0.4 is 4.72 Å². The first kappa shape index (κ1) is 12.0. The second-order valence-corrected chi connectivity index (χ2v) is 6.88. The molecule has 0 amide bonds. The molecule has 4 nitrogen and oxygen atoms in total. The molecule has 2 atom stereocenters. The Balaban J connectivity index is 2.31. The summed E-state index contributed by atoms with van der Waals surface area (Å²) >= 11 is 1.28. The van der Waals surface area contributed by atoms with Crippen molar-refractivity contribution in [3.05, 3.63) is 15.8 Å². The van der Waals surface area contributed by atoms with Crippen LogP contribution >= 0.6 is 11.3 Å². The van der Waals surface area contributed by atoms with Crippen molar-refractivity contribution in [2.24, 2.45) is 5.92 Å². The fourth-order valence-electron chi connectivity index (χ4n) is 1.70. The topological polar surface area (TPSA) is 66.4 Å². The average molecular weight is 261 g/mol. The molecular weight excluding hydrogens is 246 g/mol. The van der Waals surface area contributed by atoms with Crippen LogP contribution in [0.15, 0.2) is 10.3 Å². The molecule has 2 N–H and O–H groups in total. The zero-order valence-electron chi connectivity index (χ0n) is 9.23. The Labute approximate surface area is 99.4 Å². The van der Waals surface area contributed by atoms with E-state index in [1.807, 2.05) is 6.92 Å². The Morgan fingerprint density at radius 1 is 1.62 bits per heavy atom. The molecule has 2 unspecified atom stereocenters. The number of nitrogens with one attached hydrogen (secondary N) is 1. The van der Waals surface area contributed by atoms with Gasteiger partial charge in [-0.1, -0.05) is 6.92 Å². The summed E-state index contributed by atoms with van der Waals surface area (Å²) in [4.78, 5) is 0.775. The van der Waals surface area contributed by atoms with Crippen LogP contribution in [0.2, 0.25) is 0 Å². The number of rotatable bonds is 4. The minimum Gasteiger partial charge on any atom is -0.391 e. The maximum Gasteiger partial charge on any atom is 0.242 e. The van der Waals surface area contributed by atoms with Crippen molar-refractivity contribution in [1.82, 2.24) is 4.72 Å². The van der Waals surface area contributed by atoms with Crippen molar-refractivity contribution in [3.63, 3.8) is 0 Å². The number of sulfonamides is 1. The van der Waals surface area contributed by atoms with E-state index in [1.54, 1.807) is 12.3 Å². The quantitative estimate of drug-likeness (QED) is 0.857. The standard InChI is InChI=1S/C10H15NO3S2/c1-6-3-8(6)11-16(13,14)10-7(2)5-15-9(10)4-12/h5-6,8,11-12H,3-4H2,1-2H3. The van der Waals surface area contributed by atoms with Gasteiger partial charge >= 0.3 is 0 Å². The van der Waals surface area contributed by atoms with Gasteiger partial charge in [-0.3, -0.25) is 0 Å². The molecule has 6 heteroatoms. The monoisotopic (exact) mass is 261 g/mol. The van der Waals surface area contributed by atoms with E-state index >= 15 is 0 Å². The lowest BCUT2D eigenvalue weighted by Gasteiger charge is -2.07. The molecule has 16 heavy (non-hydrogen) atoms. The maximum atomic E-state index is 12.1. The van der Waals surface area contributed by atoms with Gasteiger partial charge in [0, 0.05) is 6.04 Å². The molecule has 0 saturated heterocycles. The smallest absolute Gasteiger partial charge is 0.242 e. The van der Waals surface area contributed by atoms with Gasteiger partial charge < -0.3 is 5.11 Å². The van der Waals surface area contributed by atoms with E-state index < -0.39 is 10.0 Å². The third-order valence-electron chi connectivity index (χ3n) is 2.82. The lowest BCUT2D eigenvalue weighted by atomic mass is 10.3. The molecule has 0 aliphatic heterocycles. The number of thiophene rings is 1. The van der Waals surface area contributed by atoms with E-state index in [-0.39, 0.29) is 17.5 Å². The molecule has 0 spiro atoms. The van der Waals surface area contributed by atoms with Crippen LogP contribution in [0, 0.1) is 12.8 Å². The highest BCUT2D eigenvalue weighted by atomic mass is 32.2. The van der Waals surface area contributed by atoms with Crippen LogP contribution in [-0.4, -0.2) is 19.6 Å². The van der Waals surface area contributed by atoms with Gasteiger partial charge in [0.15, 0.2) is 0 Å². The fourth-order valence-corrected chi connectivity index (χ4v) is 4.72. The normalized spacial score (nSPS) is 24.7. The highest BCUT2D eigenvalue weighted by Crippen LogP contribution is 2.33. The van der Waals surface area contributed by atoms with Gasteiger partial charge in [-0.15, -0.1) is 11.3 Å². The number of aliphatic hydroxyl groups is 1. The molecule has 1 aromatic rings. The SMILES string of the molecule is Cc1csc(CO)c1S(=O)(=O)NC1CC1C. The molecule has 2 rings (SSSR count). The number of hydrogen-bond donors (Lipinski definition) is 2. The molecule has 1 heterocycles. The third kappa shape index (κ3) is 2.15. The largest absolute Gasteiger partial charge is 0.391 e. The summed E-state index contributed by atoms with van der Waals surface area (Å²) in [5.74, 6) is 0.422. The van der Waals surface area contributed by atoms with Crippen molar-refractivity contribution in [2.45, 2.75) is 37.8 Å². The summed E-state index contributed by atoms with van der Waals surface area (Å²) in [6, 6.07) is 0.0656. The van der Waals surface area contributed by atoms with Gasteiger partial charge in [-0.2, -0.15) is 0 Å². The summed E-state index contributed by atoms with van der Waals surface area (Å²) in [6.07, 6.45) is 0.900. The number of hydrogen-bond acceptors (Lipinski definition) is 4. The predicted octanol–water partition coefficient (Wildman–Crippen LogP) is 1.24. The van der Waals surface area contributed by atoms with Gasteiger partial charge in [0.2, 0.25) is 10.0 Å². The molecule has 0 radical (unpaired) electrons. The van der Waals surface area contributed by atoms with Crippen LogP contribution in [0.5, 0.6) is 0 Å². The summed E-state index contributed by atoms with van der Waals surface area (Å²) in [5, 5.41) is 10.9. The van der Waals surface area contributed by atoms with Crippen LogP contribution in [0.1, 0.15) is 23.8 Å². The van der Waals surface area contributed by atoms with Gasteiger partial charge in [0.1, 0.15) is 4.90 Å². The van der Waals surface area contributed by atoms with Crippen LogP contribution in [0.4, 0.5) is 0 Å². The Kier molecular flexibility index (Phi) is 3.09. The number of aliphatic hydroxyl groups excluding tert-OH is 1. The highest BCUT2D eigenvalue weighted by Gasteiger charge is 2.37. The van der Waals surface area contributed by atoms with Gasteiger partial charge in [-0.05, 0) is 30.2 Å². The highest BCUT2D eigenvalue weighted by molar-refractivity contribution is 7.89. The molecule has 0 aromatic carbocycles. The van der Waals surface area contributed by atoms with Crippen molar-refractivity contribution < 1.29 is 13.5 Å². The average Bonchev–Trinajstić information content (AvgIpc) is 2.74. The maximum absolute atomic E-state index is 12.1. The molecule has 1 aliphatic carbocycles. The predicted molar refractivity (Wildman–Crippen MR) is 62.9 cm³/mol. The Morgan fingerprint density at radius 2 is 2.25 bits per heavy atom. The molecule has 1 saturated carbocycles. The van der Waals surface area contributed by atoms with E-state index in [0.29, 0.717) is 16.4 Å². The first-order valence-electron chi connectivity index (χ1n) is 5.16. The summed E-state index contributed by atoms with van der Waals surface area (Å²) in [7, 11) is -3.46. The Hall–Kier alpha value is -0.430. The van der Waals surface area contributed by atoms with Crippen LogP contribution in [0.25, 0.3) is 0 Å². The van der Waals surface area contributed by atoms with Crippen molar-refractivity contribution in [3.8, 4) is 0 Å². The number of aryl methyl sites for hydroxylation is 1. The molecule has 1 fully saturated rings. The van der Waals surface area contributed by atoms with Crippen LogP contribution in [-0.2, 0) is 16.6 Å². The van der Waals surface area contributed by atoms with Crippen molar-refractivity contribution in [1.29, 1.82) is 0 Å². The minimum absolute atomic E-state index is 0.0656. The molecule has 1 aromatic heterocycles. The summed E-state index contributed by atoms with van der Waals surface area (Å²) < 4.78 is 26.8.